The quantitative estimate of drug-likeness (QED) is 0.616. The van der Waals surface area contributed by atoms with Gasteiger partial charge in [0.05, 0.1) is 37.9 Å². The maximum absolute atomic E-state index is 12.7. The summed E-state index contributed by atoms with van der Waals surface area (Å²) in [7, 11) is 4.58. The molecule has 0 aliphatic carbocycles. The molecule has 1 atom stereocenters. The first-order chi connectivity index (χ1) is 14.0. The minimum absolute atomic E-state index is 0.0459. The molecular formula is C21H22N2O5S. The number of methoxy groups -OCH3 is 3. The smallest absolute Gasteiger partial charge is 0.261 e. The number of amides is 1. The van der Waals surface area contributed by atoms with Crippen molar-refractivity contribution < 1.29 is 19.0 Å². The van der Waals surface area contributed by atoms with Crippen LogP contribution in [-0.2, 0) is 0 Å². The summed E-state index contributed by atoms with van der Waals surface area (Å²) in [6.45, 7) is 1.81. The second-order valence-electron chi connectivity index (χ2n) is 6.25. The molecule has 2 heterocycles. The molecule has 0 aliphatic heterocycles. The zero-order valence-corrected chi connectivity index (χ0v) is 17.4. The molecule has 2 aromatic heterocycles. The van der Waals surface area contributed by atoms with Crippen molar-refractivity contribution in [1.82, 2.24) is 10.3 Å². The number of carbonyl (C=O) groups is 1. The molecule has 0 fully saturated rings. The van der Waals surface area contributed by atoms with Gasteiger partial charge in [0.1, 0.15) is 5.56 Å². The number of hydrogen-bond donors (Lipinski definition) is 2. The van der Waals surface area contributed by atoms with Crippen LogP contribution in [0.1, 0.15) is 28.9 Å². The van der Waals surface area contributed by atoms with Gasteiger partial charge in [-0.15, -0.1) is 11.3 Å². The van der Waals surface area contributed by atoms with Gasteiger partial charge in [-0.2, -0.15) is 0 Å². The van der Waals surface area contributed by atoms with Crippen LogP contribution in [-0.4, -0.2) is 32.2 Å². The third kappa shape index (κ3) is 4.27. The Morgan fingerprint density at radius 3 is 2.28 bits per heavy atom. The monoisotopic (exact) mass is 414 g/mol. The second-order valence-corrected chi connectivity index (χ2v) is 7.19. The first-order valence-electron chi connectivity index (χ1n) is 8.86. The lowest BCUT2D eigenvalue weighted by Crippen LogP contribution is -2.31. The Hall–Kier alpha value is -3.26. The van der Waals surface area contributed by atoms with Crippen molar-refractivity contribution in [2.24, 2.45) is 0 Å². The fraction of sp³-hybridized carbons (Fsp3) is 0.238. The summed E-state index contributed by atoms with van der Waals surface area (Å²) in [5, 5.41) is 4.76. The van der Waals surface area contributed by atoms with E-state index in [1.807, 2.05) is 24.4 Å². The van der Waals surface area contributed by atoms with Gasteiger partial charge >= 0.3 is 0 Å². The van der Waals surface area contributed by atoms with Crippen molar-refractivity contribution in [3.05, 3.63) is 63.3 Å². The van der Waals surface area contributed by atoms with E-state index < -0.39 is 17.5 Å². The maximum Gasteiger partial charge on any atom is 0.261 e. The van der Waals surface area contributed by atoms with Crippen LogP contribution in [0.4, 0.5) is 0 Å². The van der Waals surface area contributed by atoms with Gasteiger partial charge in [0, 0.05) is 0 Å². The highest BCUT2D eigenvalue weighted by atomic mass is 32.1. The third-order valence-electron chi connectivity index (χ3n) is 4.48. The number of hydrogen-bond acceptors (Lipinski definition) is 6. The summed E-state index contributed by atoms with van der Waals surface area (Å²) in [5.74, 6) is 0.977. The fourth-order valence-corrected chi connectivity index (χ4v) is 3.64. The van der Waals surface area contributed by atoms with Crippen molar-refractivity contribution in [1.29, 1.82) is 0 Å². The molecule has 0 radical (unpaired) electrons. The SMILES string of the molecule is COc1cc(C(C)NC(=O)c2ccc(-c3cccs3)[nH]c2=O)cc(OC)c1OC. The van der Waals surface area contributed by atoms with Gasteiger partial charge in [0.15, 0.2) is 11.5 Å². The number of nitrogens with one attached hydrogen (secondary N) is 2. The first-order valence-corrected chi connectivity index (χ1v) is 9.74. The summed E-state index contributed by atoms with van der Waals surface area (Å²) in [4.78, 5) is 28.8. The van der Waals surface area contributed by atoms with Crippen LogP contribution in [0, 0.1) is 0 Å². The number of aromatic amines is 1. The van der Waals surface area contributed by atoms with Crippen molar-refractivity contribution in [2.45, 2.75) is 13.0 Å². The van der Waals surface area contributed by atoms with Crippen LogP contribution < -0.4 is 25.1 Å². The first kappa shape index (κ1) is 20.5. The zero-order valence-electron chi connectivity index (χ0n) is 16.6. The Morgan fingerprint density at radius 1 is 1.07 bits per heavy atom. The Morgan fingerprint density at radius 2 is 1.76 bits per heavy atom. The molecule has 0 saturated carbocycles. The van der Waals surface area contributed by atoms with Crippen LogP contribution in [0.2, 0.25) is 0 Å². The number of H-pyrrole nitrogens is 1. The molecule has 2 N–H and O–H groups in total. The minimum Gasteiger partial charge on any atom is -0.493 e. The van der Waals surface area contributed by atoms with Crippen LogP contribution in [0.15, 0.2) is 46.6 Å². The lowest BCUT2D eigenvalue weighted by molar-refractivity contribution is 0.0938. The van der Waals surface area contributed by atoms with Crippen LogP contribution in [0.5, 0.6) is 17.2 Å². The summed E-state index contributed by atoms with van der Waals surface area (Å²) in [5.41, 5.74) is 1.04. The number of ether oxygens (including phenoxy) is 3. The highest BCUT2D eigenvalue weighted by molar-refractivity contribution is 7.13. The van der Waals surface area contributed by atoms with E-state index in [2.05, 4.69) is 10.3 Å². The summed E-state index contributed by atoms with van der Waals surface area (Å²) < 4.78 is 16.0. The number of pyridine rings is 1. The van der Waals surface area contributed by atoms with Crippen LogP contribution in [0.25, 0.3) is 10.6 Å². The highest BCUT2D eigenvalue weighted by Crippen LogP contribution is 2.39. The Bertz CT molecular complexity index is 1030. The van der Waals surface area contributed by atoms with Gasteiger partial charge in [0.2, 0.25) is 5.75 Å². The number of benzene rings is 1. The van der Waals surface area contributed by atoms with Gasteiger partial charge in [0.25, 0.3) is 11.5 Å². The van der Waals surface area contributed by atoms with Gasteiger partial charge in [-0.1, -0.05) is 6.07 Å². The molecule has 0 bridgehead atoms. The van der Waals surface area contributed by atoms with Crippen molar-refractivity contribution in [3.63, 3.8) is 0 Å². The molecule has 3 aromatic rings. The molecule has 29 heavy (non-hydrogen) atoms. The molecular weight excluding hydrogens is 392 g/mol. The van der Waals surface area contributed by atoms with E-state index in [1.165, 1.54) is 38.7 Å². The highest BCUT2D eigenvalue weighted by Gasteiger charge is 2.19. The molecule has 0 spiro atoms. The van der Waals surface area contributed by atoms with Crippen molar-refractivity contribution in [3.8, 4) is 27.8 Å². The zero-order chi connectivity index (χ0) is 21.0. The number of aromatic nitrogens is 1. The number of carbonyl (C=O) groups excluding carboxylic acids is 1. The maximum atomic E-state index is 12.7. The predicted octanol–water partition coefficient (Wildman–Crippen LogP) is 3.62. The van der Waals surface area contributed by atoms with E-state index in [9.17, 15) is 9.59 Å². The molecule has 1 unspecified atom stereocenters. The topological polar surface area (TPSA) is 89.7 Å². The lowest BCUT2D eigenvalue weighted by Gasteiger charge is -2.18. The molecule has 152 valence electrons. The predicted molar refractivity (Wildman–Crippen MR) is 112 cm³/mol. The summed E-state index contributed by atoms with van der Waals surface area (Å²) >= 11 is 1.51. The number of thiophene rings is 1. The Balaban J connectivity index is 1.83. The molecule has 3 rings (SSSR count). The summed E-state index contributed by atoms with van der Waals surface area (Å²) in [6.07, 6.45) is 0. The molecule has 0 aliphatic rings. The van der Waals surface area contributed by atoms with E-state index >= 15 is 0 Å². The standard InChI is InChI=1S/C21H22N2O5S/c1-12(13-10-16(26-2)19(28-4)17(11-13)27-3)22-20(24)14-7-8-15(23-21(14)25)18-6-5-9-29-18/h5-12H,1-4H3,(H,22,24)(H,23,25). The van der Waals surface area contributed by atoms with E-state index in [4.69, 9.17) is 14.2 Å². The van der Waals surface area contributed by atoms with Gasteiger partial charge in [-0.25, -0.2) is 0 Å². The average Bonchev–Trinajstić information content (AvgIpc) is 3.27. The molecule has 8 heteroatoms. The van der Waals surface area contributed by atoms with E-state index in [-0.39, 0.29) is 5.56 Å². The molecule has 7 nitrogen and oxygen atoms in total. The van der Waals surface area contributed by atoms with E-state index in [0.717, 1.165) is 10.4 Å². The lowest BCUT2D eigenvalue weighted by atomic mass is 10.1. The molecule has 1 amide bonds. The normalized spacial score (nSPS) is 11.6. The van der Waals surface area contributed by atoms with Crippen LogP contribution in [0.3, 0.4) is 0 Å². The van der Waals surface area contributed by atoms with Crippen LogP contribution >= 0.6 is 11.3 Å². The largest absolute Gasteiger partial charge is 0.493 e. The van der Waals surface area contributed by atoms with Crippen molar-refractivity contribution in [2.75, 3.05) is 21.3 Å². The fourth-order valence-electron chi connectivity index (χ4n) is 2.94. The third-order valence-corrected chi connectivity index (χ3v) is 5.38. The average molecular weight is 414 g/mol. The second kappa shape index (κ2) is 8.83. The van der Waals surface area contributed by atoms with Crippen molar-refractivity contribution >= 4 is 17.2 Å². The number of rotatable bonds is 7. The minimum atomic E-state index is -0.467. The summed E-state index contributed by atoms with van der Waals surface area (Å²) in [6, 6.07) is 10.2. The van der Waals surface area contributed by atoms with E-state index in [1.54, 1.807) is 18.2 Å². The molecule has 0 saturated heterocycles. The Labute approximate surface area is 172 Å². The van der Waals surface area contributed by atoms with Gasteiger partial charge in [-0.3, -0.25) is 9.59 Å². The van der Waals surface area contributed by atoms with Gasteiger partial charge in [-0.05, 0) is 48.2 Å². The molecule has 1 aromatic carbocycles. The van der Waals surface area contributed by atoms with E-state index in [0.29, 0.717) is 22.9 Å². The Kier molecular flexibility index (Phi) is 6.23. The van der Waals surface area contributed by atoms with Gasteiger partial charge < -0.3 is 24.5 Å².